The molecule has 1 unspecified atom stereocenters. The highest BCUT2D eigenvalue weighted by Crippen LogP contribution is 2.21. The van der Waals surface area contributed by atoms with Gasteiger partial charge in [-0.05, 0) is 31.5 Å². The van der Waals surface area contributed by atoms with Crippen LogP contribution in [-0.4, -0.2) is 67.3 Å². The maximum Gasteiger partial charge on any atom is 0.194 e. The molecule has 1 atom stereocenters. The molecule has 1 aromatic heterocycles. The smallest absolute Gasteiger partial charge is 0.194 e. The first-order chi connectivity index (χ1) is 14.1. The first-order valence-corrected chi connectivity index (χ1v) is 10.4. The SMILES string of the molecule is CCNC(=NCC(OC)c1cccc(Cl)c1)N1CCN(Cc2cc(C)on2)CC1. The minimum Gasteiger partial charge on any atom is -0.375 e. The predicted molar refractivity (Wildman–Crippen MR) is 115 cm³/mol. The van der Waals surface area contributed by atoms with Crippen molar-refractivity contribution in [3.8, 4) is 0 Å². The van der Waals surface area contributed by atoms with Gasteiger partial charge in [0.15, 0.2) is 5.96 Å². The minimum atomic E-state index is -0.126. The molecule has 1 saturated heterocycles. The van der Waals surface area contributed by atoms with Crippen LogP contribution in [0.1, 0.15) is 30.0 Å². The first kappa shape index (κ1) is 21.6. The fraction of sp³-hybridized carbons (Fsp3) is 0.524. The summed E-state index contributed by atoms with van der Waals surface area (Å²) in [6, 6.07) is 9.76. The molecule has 1 N–H and O–H groups in total. The van der Waals surface area contributed by atoms with E-state index in [1.165, 1.54) is 0 Å². The Labute approximate surface area is 177 Å². The van der Waals surface area contributed by atoms with Gasteiger partial charge in [-0.25, -0.2) is 0 Å². The number of benzene rings is 1. The molecule has 1 fully saturated rings. The lowest BCUT2D eigenvalue weighted by molar-refractivity contribution is 0.110. The third kappa shape index (κ3) is 6.19. The fourth-order valence-corrected chi connectivity index (χ4v) is 3.66. The first-order valence-electron chi connectivity index (χ1n) is 10.0. The molecule has 2 aromatic rings. The molecule has 0 bridgehead atoms. The van der Waals surface area contributed by atoms with Crippen molar-refractivity contribution in [3.05, 3.63) is 52.4 Å². The Bertz CT molecular complexity index is 802. The van der Waals surface area contributed by atoms with E-state index in [-0.39, 0.29) is 6.10 Å². The largest absolute Gasteiger partial charge is 0.375 e. The van der Waals surface area contributed by atoms with E-state index in [1.807, 2.05) is 37.3 Å². The van der Waals surface area contributed by atoms with Crippen molar-refractivity contribution in [2.75, 3.05) is 46.4 Å². The van der Waals surface area contributed by atoms with Crippen LogP contribution in [-0.2, 0) is 11.3 Å². The van der Waals surface area contributed by atoms with Crippen molar-refractivity contribution < 1.29 is 9.26 Å². The molecular weight excluding hydrogens is 390 g/mol. The van der Waals surface area contributed by atoms with Crippen LogP contribution < -0.4 is 5.32 Å². The van der Waals surface area contributed by atoms with Gasteiger partial charge in [0, 0.05) is 57.5 Å². The zero-order valence-corrected chi connectivity index (χ0v) is 18.2. The number of nitrogens with one attached hydrogen (secondary N) is 1. The van der Waals surface area contributed by atoms with Crippen molar-refractivity contribution in [2.24, 2.45) is 4.99 Å². The van der Waals surface area contributed by atoms with Crippen molar-refractivity contribution in [1.29, 1.82) is 0 Å². The normalized spacial score (nSPS) is 16.8. The van der Waals surface area contributed by atoms with E-state index in [0.717, 1.165) is 62.2 Å². The molecule has 0 saturated carbocycles. The van der Waals surface area contributed by atoms with E-state index >= 15 is 0 Å². The summed E-state index contributed by atoms with van der Waals surface area (Å²) in [6.07, 6.45) is -0.126. The average molecular weight is 420 g/mol. The number of methoxy groups -OCH3 is 1. The molecule has 3 rings (SSSR count). The van der Waals surface area contributed by atoms with Crippen LogP contribution in [0.25, 0.3) is 0 Å². The summed E-state index contributed by atoms with van der Waals surface area (Å²) in [5.41, 5.74) is 2.02. The van der Waals surface area contributed by atoms with Crippen molar-refractivity contribution >= 4 is 17.6 Å². The van der Waals surface area contributed by atoms with Gasteiger partial charge in [-0.1, -0.05) is 28.9 Å². The quantitative estimate of drug-likeness (QED) is 0.549. The number of rotatable bonds is 7. The highest BCUT2D eigenvalue weighted by atomic mass is 35.5. The third-order valence-electron chi connectivity index (χ3n) is 4.98. The number of piperazine rings is 1. The Hall–Kier alpha value is -2.09. The van der Waals surface area contributed by atoms with Crippen LogP contribution in [0.5, 0.6) is 0 Å². The molecule has 7 nitrogen and oxygen atoms in total. The van der Waals surface area contributed by atoms with Gasteiger partial charge in [-0.15, -0.1) is 0 Å². The molecule has 158 valence electrons. The van der Waals surface area contributed by atoms with Crippen molar-refractivity contribution in [1.82, 2.24) is 20.3 Å². The van der Waals surface area contributed by atoms with Gasteiger partial charge in [0.25, 0.3) is 0 Å². The van der Waals surface area contributed by atoms with Crippen LogP contribution in [0.3, 0.4) is 0 Å². The summed E-state index contributed by atoms with van der Waals surface area (Å²) in [5.74, 6) is 1.78. The molecule has 0 amide bonds. The number of hydrogen-bond donors (Lipinski definition) is 1. The van der Waals surface area contributed by atoms with Crippen molar-refractivity contribution in [2.45, 2.75) is 26.5 Å². The zero-order chi connectivity index (χ0) is 20.6. The molecule has 8 heteroatoms. The van der Waals surface area contributed by atoms with E-state index in [9.17, 15) is 0 Å². The minimum absolute atomic E-state index is 0.126. The monoisotopic (exact) mass is 419 g/mol. The summed E-state index contributed by atoms with van der Waals surface area (Å²) in [4.78, 5) is 9.54. The van der Waals surface area contributed by atoms with Crippen LogP contribution in [0.15, 0.2) is 39.8 Å². The number of ether oxygens (including phenoxy) is 1. The number of halogens is 1. The Kier molecular flexibility index (Phi) is 7.91. The van der Waals surface area contributed by atoms with Gasteiger partial charge in [0.2, 0.25) is 0 Å². The Morgan fingerprint density at radius 1 is 1.31 bits per heavy atom. The zero-order valence-electron chi connectivity index (χ0n) is 17.4. The third-order valence-corrected chi connectivity index (χ3v) is 5.22. The van der Waals surface area contributed by atoms with E-state index in [4.69, 9.17) is 25.9 Å². The summed E-state index contributed by atoms with van der Waals surface area (Å²) in [5, 5.41) is 8.22. The summed E-state index contributed by atoms with van der Waals surface area (Å²) in [7, 11) is 1.71. The summed E-state index contributed by atoms with van der Waals surface area (Å²) >= 11 is 6.13. The molecule has 29 heavy (non-hydrogen) atoms. The molecule has 1 aromatic carbocycles. The van der Waals surface area contributed by atoms with Gasteiger partial charge < -0.3 is 19.5 Å². The van der Waals surface area contributed by atoms with Gasteiger partial charge in [0.1, 0.15) is 11.9 Å². The maximum atomic E-state index is 6.13. The Morgan fingerprint density at radius 3 is 2.72 bits per heavy atom. The number of aliphatic imine (C=N–C) groups is 1. The van der Waals surface area contributed by atoms with Gasteiger partial charge >= 0.3 is 0 Å². The van der Waals surface area contributed by atoms with Crippen LogP contribution in [0, 0.1) is 6.92 Å². The number of aromatic nitrogens is 1. The maximum absolute atomic E-state index is 6.13. The fourth-order valence-electron chi connectivity index (χ4n) is 3.46. The molecule has 1 aliphatic rings. The van der Waals surface area contributed by atoms with Gasteiger partial charge in [-0.3, -0.25) is 9.89 Å². The van der Waals surface area contributed by atoms with E-state index in [0.29, 0.717) is 11.6 Å². The lowest BCUT2D eigenvalue weighted by Crippen LogP contribution is -2.52. The lowest BCUT2D eigenvalue weighted by Gasteiger charge is -2.36. The van der Waals surface area contributed by atoms with E-state index in [2.05, 4.69) is 27.2 Å². The standard InChI is InChI=1S/C21H30ClN5O2/c1-4-23-21(24-14-20(28-3)17-6-5-7-18(22)13-17)27-10-8-26(9-11-27)15-19-12-16(2)29-25-19/h5-7,12-13,20H,4,8-11,14-15H2,1-3H3,(H,23,24). The number of guanidine groups is 1. The van der Waals surface area contributed by atoms with Crippen LogP contribution in [0.2, 0.25) is 5.02 Å². The topological polar surface area (TPSA) is 66.1 Å². The Morgan fingerprint density at radius 2 is 2.10 bits per heavy atom. The second-order valence-corrected chi connectivity index (χ2v) is 7.60. The molecule has 0 spiro atoms. The highest BCUT2D eigenvalue weighted by Gasteiger charge is 2.21. The van der Waals surface area contributed by atoms with Gasteiger partial charge in [0.05, 0.1) is 12.2 Å². The molecule has 0 aliphatic carbocycles. The van der Waals surface area contributed by atoms with E-state index < -0.39 is 0 Å². The second kappa shape index (κ2) is 10.6. The molecular formula is C21H30ClN5O2. The average Bonchev–Trinajstić information content (AvgIpc) is 3.13. The Balaban J connectivity index is 1.58. The molecule has 1 aliphatic heterocycles. The lowest BCUT2D eigenvalue weighted by atomic mass is 10.1. The van der Waals surface area contributed by atoms with Crippen molar-refractivity contribution in [3.63, 3.8) is 0 Å². The van der Waals surface area contributed by atoms with Crippen LogP contribution >= 0.6 is 11.6 Å². The predicted octanol–water partition coefficient (Wildman–Crippen LogP) is 3.11. The van der Waals surface area contributed by atoms with Gasteiger partial charge in [-0.2, -0.15) is 0 Å². The number of aryl methyl sites for hydroxylation is 1. The summed E-state index contributed by atoms with van der Waals surface area (Å²) < 4.78 is 10.8. The molecule has 0 radical (unpaired) electrons. The summed E-state index contributed by atoms with van der Waals surface area (Å²) in [6.45, 7) is 9.93. The number of hydrogen-bond acceptors (Lipinski definition) is 5. The highest BCUT2D eigenvalue weighted by molar-refractivity contribution is 6.30. The second-order valence-electron chi connectivity index (χ2n) is 7.17. The van der Waals surface area contributed by atoms with E-state index in [1.54, 1.807) is 7.11 Å². The molecule has 2 heterocycles. The number of nitrogens with zero attached hydrogens (tertiary/aromatic N) is 4. The van der Waals surface area contributed by atoms with Crippen LogP contribution in [0.4, 0.5) is 0 Å².